The predicted octanol–water partition coefficient (Wildman–Crippen LogP) is 4.33. The van der Waals surface area contributed by atoms with E-state index < -0.39 is 11.6 Å². The molecule has 0 unspecified atom stereocenters. The summed E-state index contributed by atoms with van der Waals surface area (Å²) in [6.07, 6.45) is 3.24. The minimum Gasteiger partial charge on any atom is -0.489 e. The summed E-state index contributed by atoms with van der Waals surface area (Å²) in [5, 5.41) is 0. The molecule has 0 fully saturated rings. The minimum absolute atomic E-state index is 0.310. The molecule has 2 aromatic heterocycles. The van der Waals surface area contributed by atoms with E-state index in [2.05, 4.69) is 9.97 Å². The summed E-state index contributed by atoms with van der Waals surface area (Å²) in [7, 11) is 0. The highest BCUT2D eigenvalue weighted by molar-refractivity contribution is 5.94. The second kappa shape index (κ2) is 7.76. The van der Waals surface area contributed by atoms with E-state index in [1.54, 1.807) is 24.4 Å². The fourth-order valence-electron chi connectivity index (χ4n) is 2.81. The van der Waals surface area contributed by atoms with Crippen LogP contribution < -0.4 is 10.5 Å². The van der Waals surface area contributed by atoms with Gasteiger partial charge < -0.3 is 10.5 Å². The molecule has 0 aliphatic rings. The van der Waals surface area contributed by atoms with E-state index in [-0.39, 0.29) is 0 Å². The van der Waals surface area contributed by atoms with Crippen LogP contribution in [0.1, 0.15) is 41.0 Å². The molecule has 0 atom stereocenters. The molecule has 0 bridgehead atoms. The molecule has 144 valence electrons. The molecule has 0 radical (unpaired) electrons. The number of nitrogens with two attached hydrogens (primary N) is 1. The number of ether oxygens (including phenoxy) is 1. The van der Waals surface area contributed by atoms with Gasteiger partial charge in [0.25, 0.3) is 0 Å². The van der Waals surface area contributed by atoms with Crippen LogP contribution in [0, 0.1) is 6.92 Å². The third-order valence-electron chi connectivity index (χ3n) is 4.36. The zero-order valence-corrected chi connectivity index (χ0v) is 16.1. The average molecular weight is 379 g/mol. The largest absolute Gasteiger partial charge is 0.489 e. The van der Waals surface area contributed by atoms with Crippen molar-refractivity contribution < 1.29 is 13.9 Å². The lowest BCUT2D eigenvalue weighted by atomic mass is 10.0. The van der Waals surface area contributed by atoms with Crippen molar-refractivity contribution in [2.45, 2.75) is 33.0 Å². The fraction of sp³-hybridized carbons (Fsp3) is 0.227. The maximum Gasteiger partial charge on any atom is 0.248 e. The number of primary amides is 1. The zero-order chi connectivity index (χ0) is 20.3. The summed E-state index contributed by atoms with van der Waals surface area (Å²) < 4.78 is 19.9. The van der Waals surface area contributed by atoms with Crippen LogP contribution in [0.4, 0.5) is 4.39 Å². The quantitative estimate of drug-likeness (QED) is 0.691. The zero-order valence-electron chi connectivity index (χ0n) is 16.1. The molecule has 1 amide bonds. The number of alkyl halides is 1. The highest BCUT2D eigenvalue weighted by Crippen LogP contribution is 2.26. The molecule has 0 aliphatic heterocycles. The van der Waals surface area contributed by atoms with Crippen LogP contribution in [0.3, 0.4) is 0 Å². The van der Waals surface area contributed by atoms with Gasteiger partial charge in [-0.25, -0.2) is 4.39 Å². The Morgan fingerprint density at radius 2 is 1.86 bits per heavy atom. The van der Waals surface area contributed by atoms with Gasteiger partial charge in [-0.3, -0.25) is 14.8 Å². The molecule has 28 heavy (non-hydrogen) atoms. The Hall–Kier alpha value is -3.28. The van der Waals surface area contributed by atoms with Gasteiger partial charge in [-0.2, -0.15) is 0 Å². The monoisotopic (exact) mass is 379 g/mol. The van der Waals surface area contributed by atoms with Crippen molar-refractivity contribution in [3.05, 3.63) is 77.2 Å². The third-order valence-corrected chi connectivity index (χ3v) is 4.36. The maximum atomic E-state index is 14.1. The SMILES string of the molecule is Cc1cc(-c2cc(COc3ccnc(C(C)(C)F)c3)ccn2)ccc1C(N)=O. The Bertz CT molecular complexity index is 1010. The Morgan fingerprint density at radius 1 is 1.11 bits per heavy atom. The van der Waals surface area contributed by atoms with Gasteiger partial charge in [0.2, 0.25) is 5.91 Å². The third kappa shape index (κ3) is 4.52. The minimum atomic E-state index is -1.53. The van der Waals surface area contributed by atoms with Crippen molar-refractivity contribution in [1.82, 2.24) is 9.97 Å². The Kier molecular flexibility index (Phi) is 5.40. The number of aryl methyl sites for hydroxylation is 1. The topological polar surface area (TPSA) is 78.1 Å². The summed E-state index contributed by atoms with van der Waals surface area (Å²) in [5.74, 6) is 0.100. The highest BCUT2D eigenvalue weighted by atomic mass is 19.1. The first-order valence-corrected chi connectivity index (χ1v) is 8.88. The Morgan fingerprint density at radius 3 is 2.54 bits per heavy atom. The predicted molar refractivity (Wildman–Crippen MR) is 106 cm³/mol. The van der Waals surface area contributed by atoms with Gasteiger partial charge in [0.05, 0.1) is 11.4 Å². The molecule has 0 saturated heterocycles. The molecule has 3 aromatic rings. The van der Waals surface area contributed by atoms with E-state index in [9.17, 15) is 9.18 Å². The van der Waals surface area contributed by atoms with Crippen molar-refractivity contribution in [2.24, 2.45) is 5.73 Å². The molecule has 2 heterocycles. The van der Waals surface area contributed by atoms with E-state index >= 15 is 0 Å². The molecule has 2 N–H and O–H groups in total. The number of hydrogen-bond donors (Lipinski definition) is 1. The van der Waals surface area contributed by atoms with Gasteiger partial charge in [0, 0.05) is 29.6 Å². The second-order valence-electron chi connectivity index (χ2n) is 7.08. The van der Waals surface area contributed by atoms with E-state index in [1.165, 1.54) is 20.0 Å². The highest BCUT2D eigenvalue weighted by Gasteiger charge is 2.20. The van der Waals surface area contributed by atoms with Crippen LogP contribution in [0.25, 0.3) is 11.3 Å². The normalized spacial score (nSPS) is 11.3. The number of aromatic nitrogens is 2. The van der Waals surface area contributed by atoms with Crippen molar-refractivity contribution in [1.29, 1.82) is 0 Å². The van der Waals surface area contributed by atoms with Gasteiger partial charge >= 0.3 is 0 Å². The summed E-state index contributed by atoms with van der Waals surface area (Å²) in [5.41, 5.74) is 8.01. The summed E-state index contributed by atoms with van der Waals surface area (Å²) in [6.45, 7) is 5.06. The van der Waals surface area contributed by atoms with Crippen LogP contribution in [-0.2, 0) is 12.3 Å². The van der Waals surface area contributed by atoms with Crippen LogP contribution in [0.2, 0.25) is 0 Å². The number of carbonyl (C=O) groups is 1. The summed E-state index contributed by atoms with van der Waals surface area (Å²) in [6, 6.07) is 12.5. The molecule has 6 heteroatoms. The fourth-order valence-corrected chi connectivity index (χ4v) is 2.81. The van der Waals surface area contributed by atoms with E-state index in [4.69, 9.17) is 10.5 Å². The number of pyridine rings is 2. The van der Waals surface area contributed by atoms with Gasteiger partial charge in [-0.05, 0) is 62.2 Å². The lowest BCUT2D eigenvalue weighted by molar-refractivity contribution is 0.0999. The number of halogens is 1. The van der Waals surface area contributed by atoms with Gasteiger partial charge in [-0.15, -0.1) is 0 Å². The van der Waals surface area contributed by atoms with Crippen molar-refractivity contribution in [3.63, 3.8) is 0 Å². The van der Waals surface area contributed by atoms with Gasteiger partial charge in [0.15, 0.2) is 0 Å². The molecular weight excluding hydrogens is 357 g/mol. The lowest BCUT2D eigenvalue weighted by Crippen LogP contribution is -2.12. The Labute approximate surface area is 163 Å². The van der Waals surface area contributed by atoms with E-state index in [1.807, 2.05) is 31.2 Å². The molecule has 5 nitrogen and oxygen atoms in total. The number of carbonyl (C=O) groups excluding carboxylic acids is 1. The molecule has 0 saturated carbocycles. The Balaban J connectivity index is 1.77. The van der Waals surface area contributed by atoms with E-state index in [0.29, 0.717) is 23.6 Å². The van der Waals surface area contributed by atoms with Crippen LogP contribution in [0.15, 0.2) is 54.9 Å². The molecular formula is C22H22FN3O2. The van der Waals surface area contributed by atoms with Crippen LogP contribution >= 0.6 is 0 Å². The average Bonchev–Trinajstić information content (AvgIpc) is 2.66. The van der Waals surface area contributed by atoms with Gasteiger partial charge in [-0.1, -0.05) is 6.07 Å². The summed E-state index contributed by atoms with van der Waals surface area (Å²) in [4.78, 5) is 19.8. The first-order chi connectivity index (χ1) is 13.2. The van der Waals surface area contributed by atoms with Gasteiger partial charge in [0.1, 0.15) is 18.0 Å². The lowest BCUT2D eigenvalue weighted by Gasteiger charge is -2.14. The number of hydrogen-bond acceptors (Lipinski definition) is 4. The molecule has 0 aliphatic carbocycles. The first kappa shape index (κ1) is 19.5. The molecule has 3 rings (SSSR count). The second-order valence-corrected chi connectivity index (χ2v) is 7.08. The maximum absolute atomic E-state index is 14.1. The van der Waals surface area contributed by atoms with Crippen molar-refractivity contribution >= 4 is 5.91 Å². The first-order valence-electron chi connectivity index (χ1n) is 8.88. The molecule has 0 spiro atoms. The van der Waals surface area contributed by atoms with Crippen molar-refractivity contribution in [3.8, 4) is 17.0 Å². The number of amides is 1. The van der Waals surface area contributed by atoms with Crippen molar-refractivity contribution in [2.75, 3.05) is 0 Å². The smallest absolute Gasteiger partial charge is 0.248 e. The van der Waals surface area contributed by atoms with E-state index in [0.717, 1.165) is 22.4 Å². The number of benzene rings is 1. The van der Waals surface area contributed by atoms with Crippen LogP contribution in [0.5, 0.6) is 5.75 Å². The number of nitrogens with zero attached hydrogens (tertiary/aromatic N) is 2. The summed E-state index contributed by atoms with van der Waals surface area (Å²) >= 11 is 0. The molecule has 1 aromatic carbocycles. The van der Waals surface area contributed by atoms with Crippen LogP contribution in [-0.4, -0.2) is 15.9 Å². The number of rotatable bonds is 6. The standard InChI is InChI=1S/C22H22FN3O2/c1-14-10-16(4-5-18(14)21(24)27)19-11-15(6-8-25-19)13-28-17-7-9-26-20(12-17)22(2,3)23/h4-12H,13H2,1-3H3,(H2,24,27).